The predicted octanol–water partition coefficient (Wildman–Crippen LogP) is 1.36. The molecule has 36 heavy (non-hydrogen) atoms. The van der Waals surface area contributed by atoms with Crippen LogP contribution in [0, 0.1) is 34.1 Å². The third-order valence-corrected chi connectivity index (χ3v) is 5.12. The highest BCUT2D eigenvalue weighted by molar-refractivity contribution is 5.98. The van der Waals surface area contributed by atoms with E-state index in [4.69, 9.17) is 0 Å². The van der Waals surface area contributed by atoms with Crippen LogP contribution in [0.1, 0.15) is 32.4 Å². The minimum Gasteiger partial charge on any atom is -0.265 e. The van der Waals surface area contributed by atoms with Crippen LogP contribution < -0.4 is 10.9 Å². The molecule has 0 unspecified atom stereocenters. The van der Waals surface area contributed by atoms with Crippen molar-refractivity contribution in [3.8, 4) is 11.4 Å². The standard InChI is InChI=1S/C20H16N10O6/c1-11-17(21-25-27(11)13-3-7-15(8-4-13)29(33)34)19(31)23-24-20(32)18-12(2)28(26-22-18)14-5-9-16(10-6-14)30(35)36/h3-10H,1-2H3,(H,23,31)(H,24,32). The van der Waals surface area contributed by atoms with E-state index in [1.807, 2.05) is 0 Å². The first kappa shape index (κ1) is 23.6. The smallest absolute Gasteiger partial charge is 0.265 e. The number of nitro groups is 2. The van der Waals surface area contributed by atoms with Gasteiger partial charge in [0.2, 0.25) is 0 Å². The minimum atomic E-state index is -0.755. The van der Waals surface area contributed by atoms with Gasteiger partial charge in [0.25, 0.3) is 23.2 Å². The number of nitrogens with zero attached hydrogens (tertiary/aromatic N) is 8. The van der Waals surface area contributed by atoms with Crippen LogP contribution >= 0.6 is 0 Å². The van der Waals surface area contributed by atoms with Gasteiger partial charge in [-0.1, -0.05) is 10.4 Å². The molecule has 0 spiro atoms. The Hall–Kier alpha value is -5.54. The molecule has 0 bridgehead atoms. The van der Waals surface area contributed by atoms with Crippen molar-refractivity contribution in [1.29, 1.82) is 0 Å². The van der Waals surface area contributed by atoms with Crippen LogP contribution in [-0.2, 0) is 0 Å². The van der Waals surface area contributed by atoms with Gasteiger partial charge in [-0.3, -0.25) is 40.7 Å². The van der Waals surface area contributed by atoms with Crippen LogP contribution in [0.25, 0.3) is 11.4 Å². The molecule has 4 aromatic rings. The molecule has 16 heteroatoms. The van der Waals surface area contributed by atoms with Crippen molar-refractivity contribution in [2.45, 2.75) is 13.8 Å². The van der Waals surface area contributed by atoms with Crippen molar-refractivity contribution in [3.63, 3.8) is 0 Å². The number of hydrogen-bond donors (Lipinski definition) is 2. The molecule has 0 aliphatic carbocycles. The number of nitrogens with one attached hydrogen (secondary N) is 2. The molecule has 16 nitrogen and oxygen atoms in total. The zero-order valence-electron chi connectivity index (χ0n) is 18.6. The van der Waals surface area contributed by atoms with Gasteiger partial charge in [-0.25, -0.2) is 9.36 Å². The van der Waals surface area contributed by atoms with Gasteiger partial charge in [0.05, 0.1) is 32.6 Å². The molecule has 0 fully saturated rings. The second kappa shape index (κ2) is 9.37. The van der Waals surface area contributed by atoms with Crippen LogP contribution in [0.2, 0.25) is 0 Å². The summed E-state index contributed by atoms with van der Waals surface area (Å²) in [4.78, 5) is 45.7. The first-order chi connectivity index (χ1) is 17.2. The molecular weight excluding hydrogens is 476 g/mol. The molecule has 2 aromatic heterocycles. The molecule has 0 aliphatic heterocycles. The maximum Gasteiger partial charge on any atom is 0.292 e. The molecule has 2 heterocycles. The summed E-state index contributed by atoms with van der Waals surface area (Å²) in [5.74, 6) is -1.51. The average Bonchev–Trinajstić information content (AvgIpc) is 3.45. The van der Waals surface area contributed by atoms with Gasteiger partial charge >= 0.3 is 0 Å². The Morgan fingerprint density at radius 2 is 1.03 bits per heavy atom. The number of amides is 2. The Balaban J connectivity index is 1.44. The SMILES string of the molecule is Cc1c(C(=O)NNC(=O)c2nnn(-c3ccc([N+](=O)[O-])cc3)c2C)nnn1-c1ccc([N+](=O)[O-])cc1. The Morgan fingerprint density at radius 1 is 0.694 bits per heavy atom. The number of aromatic nitrogens is 6. The lowest BCUT2D eigenvalue weighted by molar-refractivity contribution is -0.385. The molecule has 0 aliphatic rings. The monoisotopic (exact) mass is 492 g/mol. The number of non-ortho nitro benzene ring substituents is 2. The van der Waals surface area contributed by atoms with Crippen LogP contribution in [0.3, 0.4) is 0 Å². The molecule has 182 valence electrons. The Morgan fingerprint density at radius 3 is 1.33 bits per heavy atom. The van der Waals surface area contributed by atoms with E-state index in [1.54, 1.807) is 13.8 Å². The topological polar surface area (TPSA) is 206 Å². The fourth-order valence-corrected chi connectivity index (χ4v) is 3.23. The van der Waals surface area contributed by atoms with Crippen LogP contribution in [-0.4, -0.2) is 51.6 Å². The number of carbonyl (C=O) groups is 2. The summed E-state index contributed by atoms with van der Waals surface area (Å²) >= 11 is 0. The number of hydrazine groups is 1. The lowest BCUT2D eigenvalue weighted by Crippen LogP contribution is -2.42. The fourth-order valence-electron chi connectivity index (χ4n) is 3.23. The van der Waals surface area contributed by atoms with E-state index in [-0.39, 0.29) is 22.8 Å². The van der Waals surface area contributed by atoms with E-state index >= 15 is 0 Å². The molecule has 2 N–H and O–H groups in total. The van der Waals surface area contributed by atoms with E-state index in [0.717, 1.165) is 0 Å². The van der Waals surface area contributed by atoms with E-state index in [1.165, 1.54) is 57.9 Å². The van der Waals surface area contributed by atoms with Crippen molar-refractivity contribution in [3.05, 3.63) is 91.5 Å². The zero-order valence-corrected chi connectivity index (χ0v) is 18.6. The van der Waals surface area contributed by atoms with Crippen molar-refractivity contribution in [1.82, 2.24) is 40.8 Å². The van der Waals surface area contributed by atoms with Crippen LogP contribution in [0.15, 0.2) is 48.5 Å². The summed E-state index contributed by atoms with van der Waals surface area (Å²) in [5.41, 5.74) is 5.65. The van der Waals surface area contributed by atoms with Crippen LogP contribution in [0.5, 0.6) is 0 Å². The second-order valence-corrected chi connectivity index (χ2v) is 7.33. The van der Waals surface area contributed by atoms with Crippen molar-refractivity contribution >= 4 is 23.2 Å². The largest absolute Gasteiger partial charge is 0.292 e. The summed E-state index contributed by atoms with van der Waals surface area (Å²) in [7, 11) is 0. The fraction of sp³-hybridized carbons (Fsp3) is 0.100. The molecule has 0 radical (unpaired) electrons. The number of carbonyl (C=O) groups excluding carboxylic acids is 2. The quantitative estimate of drug-likeness (QED) is 0.292. The molecule has 0 saturated carbocycles. The molecule has 2 aromatic carbocycles. The van der Waals surface area contributed by atoms with E-state index in [2.05, 4.69) is 31.5 Å². The van der Waals surface area contributed by atoms with E-state index in [9.17, 15) is 29.8 Å². The Bertz CT molecular complexity index is 1380. The van der Waals surface area contributed by atoms with Gasteiger partial charge in [-0.15, -0.1) is 10.2 Å². The number of hydrogen-bond acceptors (Lipinski definition) is 10. The number of benzene rings is 2. The van der Waals surface area contributed by atoms with Crippen molar-refractivity contribution < 1.29 is 19.4 Å². The van der Waals surface area contributed by atoms with E-state index in [0.29, 0.717) is 22.8 Å². The van der Waals surface area contributed by atoms with Gasteiger partial charge in [0.1, 0.15) is 0 Å². The minimum absolute atomic E-state index is 0.0834. The van der Waals surface area contributed by atoms with Gasteiger partial charge in [-0.2, -0.15) is 0 Å². The summed E-state index contributed by atoms with van der Waals surface area (Å²) in [6.45, 7) is 3.14. The summed E-state index contributed by atoms with van der Waals surface area (Å²) < 4.78 is 2.64. The predicted molar refractivity (Wildman–Crippen MR) is 120 cm³/mol. The Kier molecular flexibility index (Phi) is 6.15. The Labute approximate surface area is 200 Å². The van der Waals surface area contributed by atoms with Gasteiger partial charge < -0.3 is 0 Å². The van der Waals surface area contributed by atoms with Crippen molar-refractivity contribution in [2.75, 3.05) is 0 Å². The van der Waals surface area contributed by atoms with E-state index < -0.39 is 21.7 Å². The van der Waals surface area contributed by atoms with Gasteiger partial charge in [0.15, 0.2) is 11.4 Å². The molecule has 4 rings (SSSR count). The first-order valence-electron chi connectivity index (χ1n) is 10.1. The highest BCUT2D eigenvalue weighted by Gasteiger charge is 2.21. The second-order valence-electron chi connectivity index (χ2n) is 7.33. The van der Waals surface area contributed by atoms with Crippen LogP contribution in [0.4, 0.5) is 11.4 Å². The molecule has 0 saturated heterocycles. The lowest BCUT2D eigenvalue weighted by Gasteiger charge is -2.07. The maximum atomic E-state index is 12.6. The third kappa shape index (κ3) is 4.45. The molecule has 2 amide bonds. The van der Waals surface area contributed by atoms with Gasteiger partial charge in [0, 0.05) is 24.3 Å². The highest BCUT2D eigenvalue weighted by Crippen LogP contribution is 2.18. The van der Waals surface area contributed by atoms with Gasteiger partial charge in [-0.05, 0) is 38.1 Å². The number of nitro benzene ring substituents is 2. The summed E-state index contributed by atoms with van der Waals surface area (Å²) in [6, 6.07) is 11.0. The molecule has 0 atom stereocenters. The summed E-state index contributed by atoms with van der Waals surface area (Å²) in [5, 5.41) is 37.1. The third-order valence-electron chi connectivity index (χ3n) is 5.12. The first-order valence-corrected chi connectivity index (χ1v) is 10.1. The van der Waals surface area contributed by atoms with Crippen molar-refractivity contribution in [2.24, 2.45) is 0 Å². The lowest BCUT2D eigenvalue weighted by atomic mass is 10.2. The highest BCUT2D eigenvalue weighted by atomic mass is 16.6. The normalized spacial score (nSPS) is 10.6. The molecular formula is C20H16N10O6. The zero-order chi connectivity index (χ0) is 26.0. The summed E-state index contributed by atoms with van der Waals surface area (Å²) in [6.07, 6.45) is 0. The average molecular weight is 492 g/mol. The maximum absolute atomic E-state index is 12.6. The number of rotatable bonds is 6.